The van der Waals surface area contributed by atoms with Crippen LogP contribution < -0.4 is 5.73 Å². The zero-order valence-electron chi connectivity index (χ0n) is 13.0. The minimum atomic E-state index is 0.554. The van der Waals surface area contributed by atoms with Gasteiger partial charge in [-0.05, 0) is 34.5 Å². The molecule has 0 radical (unpaired) electrons. The van der Waals surface area contributed by atoms with Crippen LogP contribution in [0.3, 0.4) is 0 Å². The number of anilines is 1. The zero-order valence-corrected chi connectivity index (χ0v) is 14.6. The molecule has 4 rings (SSSR count). The van der Waals surface area contributed by atoms with Crippen LogP contribution in [0, 0.1) is 0 Å². The number of fused-ring (bicyclic) bond motifs is 1. The molecule has 3 heterocycles. The number of nitrogens with two attached hydrogens (primary N) is 1. The molecule has 3 aromatic heterocycles. The van der Waals surface area contributed by atoms with E-state index in [-0.39, 0.29) is 0 Å². The van der Waals surface area contributed by atoms with Gasteiger partial charge in [-0.25, -0.2) is 9.67 Å². The molecule has 0 aliphatic rings. The molecule has 24 heavy (non-hydrogen) atoms. The summed E-state index contributed by atoms with van der Waals surface area (Å²) in [6.07, 6.45) is 6.35. The Morgan fingerprint density at radius 3 is 2.67 bits per heavy atom. The third kappa shape index (κ3) is 2.28. The summed E-state index contributed by atoms with van der Waals surface area (Å²) in [6.45, 7) is 2.05. The summed E-state index contributed by atoms with van der Waals surface area (Å²) in [6, 6.07) is 9.97. The topological polar surface area (TPSA) is 74.0 Å². The average Bonchev–Trinajstić information content (AvgIpc) is 3.25. The van der Waals surface area contributed by atoms with Crippen LogP contribution in [0.4, 0.5) is 5.82 Å². The lowest BCUT2D eigenvalue weighted by Gasteiger charge is -2.07. The summed E-state index contributed by atoms with van der Waals surface area (Å²) in [5, 5.41) is 8.82. The normalized spacial score (nSPS) is 11.2. The van der Waals surface area contributed by atoms with Crippen molar-refractivity contribution in [1.29, 1.82) is 0 Å². The summed E-state index contributed by atoms with van der Waals surface area (Å²) in [7, 11) is 0. The first-order valence-electron chi connectivity index (χ1n) is 7.61. The van der Waals surface area contributed by atoms with Crippen molar-refractivity contribution < 1.29 is 0 Å². The highest BCUT2D eigenvalue weighted by molar-refractivity contribution is 9.10. The van der Waals surface area contributed by atoms with E-state index < -0.39 is 0 Å². The zero-order chi connectivity index (χ0) is 16.7. The maximum atomic E-state index is 6.18. The van der Waals surface area contributed by atoms with Crippen molar-refractivity contribution in [2.45, 2.75) is 13.3 Å². The molecule has 0 amide bonds. The molecule has 0 atom stereocenters. The Balaban J connectivity index is 1.86. The largest absolute Gasteiger partial charge is 0.383 e. The Kier molecular flexibility index (Phi) is 3.57. The standard InChI is InChI=1S/C17H15BrN6/c1-2-14-15(18)16(19)24-17(22-14)13(9-21-24)11-8-20-23(10-11)12-6-4-3-5-7-12/h3-10H,2,19H2,1H3. The monoisotopic (exact) mass is 382 g/mol. The maximum absolute atomic E-state index is 6.18. The fraction of sp³-hybridized carbons (Fsp3) is 0.118. The number of hydrogen-bond acceptors (Lipinski definition) is 4. The molecule has 1 aromatic carbocycles. The lowest BCUT2D eigenvalue weighted by atomic mass is 10.2. The van der Waals surface area contributed by atoms with E-state index in [1.807, 2.05) is 54.3 Å². The summed E-state index contributed by atoms with van der Waals surface area (Å²) >= 11 is 3.50. The molecular formula is C17H15BrN6. The molecule has 120 valence electrons. The number of nitrogen functional groups attached to an aromatic ring is 1. The van der Waals surface area contributed by atoms with Crippen molar-refractivity contribution >= 4 is 27.4 Å². The molecule has 0 fully saturated rings. The van der Waals surface area contributed by atoms with E-state index in [2.05, 4.69) is 26.1 Å². The maximum Gasteiger partial charge on any atom is 0.165 e. The van der Waals surface area contributed by atoms with Crippen LogP contribution in [0.15, 0.2) is 53.4 Å². The van der Waals surface area contributed by atoms with Crippen LogP contribution in [-0.2, 0) is 6.42 Å². The van der Waals surface area contributed by atoms with Crippen LogP contribution in [0.5, 0.6) is 0 Å². The first kappa shape index (κ1) is 14.9. The average molecular weight is 383 g/mol. The van der Waals surface area contributed by atoms with Crippen LogP contribution in [-0.4, -0.2) is 24.4 Å². The van der Waals surface area contributed by atoms with E-state index in [0.717, 1.165) is 39.0 Å². The fourth-order valence-electron chi connectivity index (χ4n) is 2.67. The van der Waals surface area contributed by atoms with E-state index in [4.69, 9.17) is 10.7 Å². The van der Waals surface area contributed by atoms with Gasteiger partial charge in [0.1, 0.15) is 5.82 Å². The molecule has 0 saturated heterocycles. The first-order valence-corrected chi connectivity index (χ1v) is 8.40. The first-order chi connectivity index (χ1) is 11.7. The van der Waals surface area contributed by atoms with Crippen molar-refractivity contribution in [1.82, 2.24) is 24.4 Å². The van der Waals surface area contributed by atoms with Gasteiger partial charge in [0.2, 0.25) is 0 Å². The molecule has 0 unspecified atom stereocenters. The fourth-order valence-corrected chi connectivity index (χ4v) is 3.20. The van der Waals surface area contributed by atoms with Crippen LogP contribution in [0.25, 0.3) is 22.5 Å². The predicted octanol–water partition coefficient (Wildman–Crippen LogP) is 3.49. The lowest BCUT2D eigenvalue weighted by molar-refractivity contribution is 0.881. The highest BCUT2D eigenvalue weighted by atomic mass is 79.9. The molecule has 0 spiro atoms. The number of halogens is 1. The van der Waals surface area contributed by atoms with Gasteiger partial charge in [0, 0.05) is 17.3 Å². The van der Waals surface area contributed by atoms with Crippen molar-refractivity contribution in [2.75, 3.05) is 5.73 Å². The van der Waals surface area contributed by atoms with Crippen molar-refractivity contribution in [3.63, 3.8) is 0 Å². The Labute approximate surface area is 147 Å². The number of benzene rings is 1. The van der Waals surface area contributed by atoms with Crippen molar-refractivity contribution in [3.8, 4) is 16.8 Å². The molecule has 0 aliphatic carbocycles. The Hall–Kier alpha value is -2.67. The third-order valence-corrected chi connectivity index (χ3v) is 4.80. The van der Waals surface area contributed by atoms with E-state index in [0.29, 0.717) is 5.82 Å². The minimum Gasteiger partial charge on any atom is -0.383 e. The number of aromatic nitrogens is 5. The molecule has 7 heteroatoms. The smallest absolute Gasteiger partial charge is 0.165 e. The number of hydrogen-bond donors (Lipinski definition) is 1. The van der Waals surface area contributed by atoms with Gasteiger partial charge in [0.15, 0.2) is 5.65 Å². The summed E-state index contributed by atoms with van der Waals surface area (Å²) < 4.78 is 4.28. The molecule has 0 aliphatic heterocycles. The summed E-state index contributed by atoms with van der Waals surface area (Å²) in [4.78, 5) is 4.71. The molecular weight excluding hydrogens is 368 g/mol. The van der Waals surface area contributed by atoms with Gasteiger partial charge in [-0.3, -0.25) is 0 Å². The molecule has 4 aromatic rings. The van der Waals surface area contributed by atoms with Crippen molar-refractivity contribution in [2.24, 2.45) is 0 Å². The third-order valence-electron chi connectivity index (χ3n) is 3.94. The number of nitrogens with zero attached hydrogens (tertiary/aromatic N) is 5. The highest BCUT2D eigenvalue weighted by Gasteiger charge is 2.16. The van der Waals surface area contributed by atoms with E-state index >= 15 is 0 Å². The van der Waals surface area contributed by atoms with Crippen molar-refractivity contribution in [3.05, 3.63) is 59.1 Å². The van der Waals surface area contributed by atoms with Gasteiger partial charge >= 0.3 is 0 Å². The summed E-state index contributed by atoms with van der Waals surface area (Å²) in [5.41, 5.74) is 10.7. The Morgan fingerprint density at radius 1 is 1.12 bits per heavy atom. The van der Waals surface area contributed by atoms with E-state index in [1.54, 1.807) is 10.7 Å². The van der Waals surface area contributed by atoms with Crippen LogP contribution >= 0.6 is 15.9 Å². The SMILES string of the molecule is CCc1nc2c(-c3cnn(-c4ccccc4)c3)cnn2c(N)c1Br. The van der Waals surface area contributed by atoms with Gasteiger partial charge in [-0.2, -0.15) is 14.7 Å². The van der Waals surface area contributed by atoms with Crippen LogP contribution in [0.1, 0.15) is 12.6 Å². The highest BCUT2D eigenvalue weighted by Crippen LogP contribution is 2.30. The molecule has 2 N–H and O–H groups in total. The number of para-hydroxylation sites is 1. The van der Waals surface area contributed by atoms with E-state index in [1.165, 1.54) is 0 Å². The lowest BCUT2D eigenvalue weighted by Crippen LogP contribution is -2.05. The van der Waals surface area contributed by atoms with Gasteiger partial charge in [0.05, 0.1) is 28.2 Å². The van der Waals surface area contributed by atoms with Gasteiger partial charge in [-0.1, -0.05) is 25.1 Å². The van der Waals surface area contributed by atoms with Gasteiger partial charge in [0.25, 0.3) is 0 Å². The molecule has 6 nitrogen and oxygen atoms in total. The van der Waals surface area contributed by atoms with E-state index in [9.17, 15) is 0 Å². The molecule has 0 bridgehead atoms. The van der Waals surface area contributed by atoms with Gasteiger partial charge < -0.3 is 5.73 Å². The number of aryl methyl sites for hydroxylation is 1. The van der Waals surface area contributed by atoms with Gasteiger partial charge in [-0.15, -0.1) is 0 Å². The predicted molar refractivity (Wildman–Crippen MR) is 97.0 cm³/mol. The summed E-state index contributed by atoms with van der Waals surface area (Å²) in [5.74, 6) is 0.554. The number of rotatable bonds is 3. The minimum absolute atomic E-state index is 0.554. The van der Waals surface area contributed by atoms with Crippen LogP contribution in [0.2, 0.25) is 0 Å². The second-order valence-corrected chi connectivity index (χ2v) is 6.21. The Bertz CT molecular complexity index is 1020. The Morgan fingerprint density at radius 2 is 1.92 bits per heavy atom. The molecule has 0 saturated carbocycles. The quantitative estimate of drug-likeness (QED) is 0.588. The second-order valence-electron chi connectivity index (χ2n) is 5.41. The second kappa shape index (κ2) is 5.76.